The highest BCUT2D eigenvalue weighted by atomic mass is 32.1. The molecule has 2 aromatic rings. The summed E-state index contributed by atoms with van der Waals surface area (Å²) in [5.74, 6) is 0. The van der Waals surface area contributed by atoms with Crippen molar-refractivity contribution in [2.45, 2.75) is 6.54 Å². The molecule has 0 aromatic carbocycles. The van der Waals surface area contributed by atoms with Gasteiger partial charge in [-0.25, -0.2) is 9.67 Å². The molecule has 5 heteroatoms. The van der Waals surface area contributed by atoms with Crippen LogP contribution in [0.25, 0.3) is 5.13 Å². The van der Waals surface area contributed by atoms with Crippen LogP contribution in [0.1, 0.15) is 4.88 Å². The van der Waals surface area contributed by atoms with E-state index in [1.165, 1.54) is 4.88 Å². The summed E-state index contributed by atoms with van der Waals surface area (Å²) in [5.41, 5.74) is 0. The molecule has 0 unspecified atom stereocenters. The Labute approximate surface area is 80.2 Å². The van der Waals surface area contributed by atoms with E-state index in [4.69, 9.17) is 0 Å². The van der Waals surface area contributed by atoms with Gasteiger partial charge in [0.15, 0.2) is 0 Å². The third kappa shape index (κ3) is 1.76. The summed E-state index contributed by atoms with van der Waals surface area (Å²) in [5, 5.41) is 8.10. The number of nitrogens with one attached hydrogen (secondary N) is 1. The molecule has 0 saturated heterocycles. The number of hydrogen-bond donors (Lipinski definition) is 1. The Bertz CT molecular complexity index is 365. The number of rotatable bonds is 3. The predicted molar refractivity (Wildman–Crippen MR) is 52.0 cm³/mol. The molecule has 13 heavy (non-hydrogen) atoms. The molecule has 4 nitrogen and oxygen atoms in total. The van der Waals surface area contributed by atoms with Crippen molar-refractivity contribution in [1.29, 1.82) is 0 Å². The summed E-state index contributed by atoms with van der Waals surface area (Å²) in [7, 11) is 1.92. The lowest BCUT2D eigenvalue weighted by Gasteiger charge is -1.92. The van der Waals surface area contributed by atoms with Gasteiger partial charge in [0.1, 0.15) is 0 Å². The van der Waals surface area contributed by atoms with Gasteiger partial charge in [-0.1, -0.05) is 11.3 Å². The second-order valence-electron chi connectivity index (χ2n) is 2.59. The van der Waals surface area contributed by atoms with Crippen LogP contribution in [0.4, 0.5) is 0 Å². The normalized spacial score (nSPS) is 10.5. The Balaban J connectivity index is 2.23. The van der Waals surface area contributed by atoms with Crippen LogP contribution < -0.4 is 5.32 Å². The number of hydrogen-bond acceptors (Lipinski definition) is 4. The van der Waals surface area contributed by atoms with E-state index in [0.29, 0.717) is 0 Å². The van der Waals surface area contributed by atoms with Gasteiger partial charge in [-0.05, 0) is 13.1 Å². The van der Waals surface area contributed by atoms with Crippen LogP contribution in [0.3, 0.4) is 0 Å². The fourth-order valence-corrected chi connectivity index (χ4v) is 1.90. The monoisotopic (exact) mass is 194 g/mol. The van der Waals surface area contributed by atoms with E-state index >= 15 is 0 Å². The molecule has 0 radical (unpaired) electrons. The number of thiazole rings is 1. The van der Waals surface area contributed by atoms with E-state index in [0.717, 1.165) is 11.7 Å². The minimum absolute atomic E-state index is 0.860. The fraction of sp³-hybridized carbons (Fsp3) is 0.250. The smallest absolute Gasteiger partial charge is 0.210 e. The van der Waals surface area contributed by atoms with Crippen molar-refractivity contribution in [2.24, 2.45) is 0 Å². The van der Waals surface area contributed by atoms with Gasteiger partial charge in [0.2, 0.25) is 5.13 Å². The SMILES string of the molecule is CNCc1cnc(-n2cccn2)s1. The summed E-state index contributed by atoms with van der Waals surface area (Å²) in [6.45, 7) is 0.860. The quantitative estimate of drug-likeness (QED) is 0.794. The maximum atomic E-state index is 4.26. The van der Waals surface area contributed by atoms with E-state index in [1.54, 1.807) is 22.2 Å². The summed E-state index contributed by atoms with van der Waals surface area (Å²) in [6, 6.07) is 1.89. The third-order valence-corrected chi connectivity index (χ3v) is 2.58. The van der Waals surface area contributed by atoms with E-state index in [-0.39, 0.29) is 0 Å². The molecule has 0 fully saturated rings. The average molecular weight is 194 g/mol. The molecular formula is C8H10N4S. The van der Waals surface area contributed by atoms with Crippen LogP contribution in [-0.4, -0.2) is 21.8 Å². The molecule has 2 heterocycles. The Hall–Kier alpha value is -1.20. The van der Waals surface area contributed by atoms with Crippen LogP contribution in [0.15, 0.2) is 24.7 Å². The number of nitrogens with zero attached hydrogens (tertiary/aromatic N) is 3. The van der Waals surface area contributed by atoms with Crippen LogP contribution in [0.2, 0.25) is 0 Å². The van der Waals surface area contributed by atoms with E-state index < -0.39 is 0 Å². The highest BCUT2D eigenvalue weighted by Crippen LogP contribution is 2.15. The standard InChI is InChI=1S/C8H10N4S/c1-9-5-7-6-10-8(13-7)12-4-2-3-11-12/h2-4,6,9H,5H2,1H3. The Morgan fingerprint density at radius 2 is 2.54 bits per heavy atom. The predicted octanol–water partition coefficient (Wildman–Crippen LogP) is 1.05. The first kappa shape index (κ1) is 8.40. The third-order valence-electron chi connectivity index (χ3n) is 1.59. The zero-order valence-corrected chi connectivity index (χ0v) is 8.08. The second-order valence-corrected chi connectivity index (χ2v) is 3.68. The van der Waals surface area contributed by atoms with Crippen molar-refractivity contribution in [1.82, 2.24) is 20.1 Å². The molecule has 0 aliphatic heterocycles. The lowest BCUT2D eigenvalue weighted by Crippen LogP contribution is -2.02. The maximum absolute atomic E-state index is 4.26. The molecule has 0 spiro atoms. The lowest BCUT2D eigenvalue weighted by atomic mass is 10.5. The van der Waals surface area contributed by atoms with Gasteiger partial charge in [0, 0.05) is 30.0 Å². The van der Waals surface area contributed by atoms with Gasteiger partial charge < -0.3 is 5.32 Å². The first-order valence-corrected chi connectivity index (χ1v) is 4.81. The van der Waals surface area contributed by atoms with Crippen LogP contribution in [-0.2, 0) is 6.54 Å². The highest BCUT2D eigenvalue weighted by molar-refractivity contribution is 7.14. The minimum atomic E-state index is 0.860. The zero-order chi connectivity index (χ0) is 9.10. The van der Waals surface area contributed by atoms with Gasteiger partial charge in [0.05, 0.1) is 0 Å². The molecule has 0 amide bonds. The second kappa shape index (κ2) is 3.68. The van der Waals surface area contributed by atoms with Crippen LogP contribution >= 0.6 is 11.3 Å². The average Bonchev–Trinajstić information content (AvgIpc) is 2.70. The summed E-state index contributed by atoms with van der Waals surface area (Å²) in [4.78, 5) is 5.47. The van der Waals surface area contributed by atoms with Crippen molar-refractivity contribution in [2.75, 3.05) is 7.05 Å². The molecule has 2 rings (SSSR count). The number of aromatic nitrogens is 3. The Kier molecular flexibility index (Phi) is 2.37. The highest BCUT2D eigenvalue weighted by Gasteiger charge is 2.02. The van der Waals surface area contributed by atoms with Crippen molar-refractivity contribution in [3.05, 3.63) is 29.5 Å². The molecular weight excluding hydrogens is 184 g/mol. The summed E-state index contributed by atoms with van der Waals surface area (Å²) < 4.78 is 1.77. The molecule has 68 valence electrons. The van der Waals surface area contributed by atoms with Gasteiger partial charge >= 0.3 is 0 Å². The van der Waals surface area contributed by atoms with Crippen LogP contribution in [0.5, 0.6) is 0 Å². The molecule has 0 aliphatic rings. The van der Waals surface area contributed by atoms with Crippen molar-refractivity contribution in [3.63, 3.8) is 0 Å². The maximum Gasteiger partial charge on any atom is 0.210 e. The van der Waals surface area contributed by atoms with E-state index in [1.807, 2.05) is 25.5 Å². The fourth-order valence-electron chi connectivity index (χ4n) is 1.04. The molecule has 0 saturated carbocycles. The van der Waals surface area contributed by atoms with Gasteiger partial charge in [0.25, 0.3) is 0 Å². The molecule has 0 bridgehead atoms. The van der Waals surface area contributed by atoms with E-state index in [9.17, 15) is 0 Å². The molecule has 0 atom stereocenters. The minimum Gasteiger partial charge on any atom is -0.315 e. The molecule has 2 aromatic heterocycles. The van der Waals surface area contributed by atoms with Crippen molar-refractivity contribution in [3.8, 4) is 5.13 Å². The summed E-state index contributed by atoms with van der Waals surface area (Å²) >= 11 is 1.64. The molecule has 1 N–H and O–H groups in total. The first-order valence-electron chi connectivity index (χ1n) is 3.99. The van der Waals surface area contributed by atoms with Gasteiger partial charge in [-0.2, -0.15) is 5.10 Å². The van der Waals surface area contributed by atoms with Crippen molar-refractivity contribution >= 4 is 11.3 Å². The van der Waals surface area contributed by atoms with Gasteiger partial charge in [-0.15, -0.1) is 0 Å². The zero-order valence-electron chi connectivity index (χ0n) is 7.27. The van der Waals surface area contributed by atoms with E-state index in [2.05, 4.69) is 15.4 Å². The van der Waals surface area contributed by atoms with Crippen molar-refractivity contribution < 1.29 is 0 Å². The van der Waals surface area contributed by atoms with Crippen LogP contribution in [0, 0.1) is 0 Å². The van der Waals surface area contributed by atoms with Gasteiger partial charge in [-0.3, -0.25) is 0 Å². The topological polar surface area (TPSA) is 42.7 Å². The first-order chi connectivity index (χ1) is 6.40. The molecule has 0 aliphatic carbocycles. The Morgan fingerprint density at radius 1 is 1.62 bits per heavy atom. The lowest BCUT2D eigenvalue weighted by molar-refractivity contribution is 0.828. The summed E-state index contributed by atoms with van der Waals surface area (Å²) in [6.07, 6.45) is 5.51. The Morgan fingerprint density at radius 3 is 3.23 bits per heavy atom. The largest absolute Gasteiger partial charge is 0.315 e.